The number of rotatable bonds is 6. The van der Waals surface area contributed by atoms with Gasteiger partial charge in [0.1, 0.15) is 12.2 Å². The molecule has 0 bridgehead atoms. The maximum absolute atomic E-state index is 4.27. The number of hydrogen-bond donors (Lipinski definition) is 1. The maximum Gasteiger partial charge on any atom is 0.140 e. The minimum Gasteiger partial charge on any atom is -0.303 e. The Balaban J connectivity index is 1.95. The molecule has 1 unspecified atom stereocenters. The molecule has 0 aliphatic rings. The van der Waals surface area contributed by atoms with E-state index in [1.807, 2.05) is 4.68 Å². The standard InChI is InChI=1S/C15H22N4/c1-4-13-6-8-14(9-7-13)12(3)16-10-15-17-11-18-19(15)5-2/h6-9,11-12,16H,4-5,10H2,1-3H3. The number of hydrogen-bond acceptors (Lipinski definition) is 3. The summed E-state index contributed by atoms with van der Waals surface area (Å²) in [5.41, 5.74) is 2.68. The molecule has 19 heavy (non-hydrogen) atoms. The summed E-state index contributed by atoms with van der Waals surface area (Å²) in [5, 5.41) is 7.66. The fraction of sp³-hybridized carbons (Fsp3) is 0.467. The molecule has 0 aliphatic carbocycles. The Bertz CT molecular complexity index is 501. The third-order valence-corrected chi connectivity index (χ3v) is 3.45. The molecule has 0 saturated carbocycles. The lowest BCUT2D eigenvalue weighted by molar-refractivity contribution is 0.523. The molecule has 1 heterocycles. The van der Waals surface area contributed by atoms with E-state index < -0.39 is 0 Å². The minimum atomic E-state index is 0.313. The van der Waals surface area contributed by atoms with Crippen LogP contribution in [-0.2, 0) is 19.5 Å². The van der Waals surface area contributed by atoms with Gasteiger partial charge in [-0.25, -0.2) is 9.67 Å². The van der Waals surface area contributed by atoms with Gasteiger partial charge in [0.15, 0.2) is 0 Å². The van der Waals surface area contributed by atoms with Crippen LogP contribution in [0.1, 0.15) is 43.8 Å². The number of aryl methyl sites for hydroxylation is 2. The number of aromatic nitrogens is 3. The molecule has 0 amide bonds. The van der Waals surface area contributed by atoms with Gasteiger partial charge in [0.2, 0.25) is 0 Å². The first-order valence-electron chi connectivity index (χ1n) is 6.93. The van der Waals surface area contributed by atoms with E-state index in [4.69, 9.17) is 0 Å². The quantitative estimate of drug-likeness (QED) is 0.866. The van der Waals surface area contributed by atoms with Crippen LogP contribution in [0.3, 0.4) is 0 Å². The van der Waals surface area contributed by atoms with E-state index in [-0.39, 0.29) is 0 Å². The minimum absolute atomic E-state index is 0.313. The molecule has 0 saturated heterocycles. The molecule has 1 aromatic heterocycles. The van der Waals surface area contributed by atoms with E-state index in [0.717, 1.165) is 25.3 Å². The van der Waals surface area contributed by atoms with Crippen molar-refractivity contribution in [2.24, 2.45) is 0 Å². The van der Waals surface area contributed by atoms with Crippen molar-refractivity contribution in [2.45, 2.75) is 46.3 Å². The molecule has 102 valence electrons. The Morgan fingerprint density at radius 1 is 1.21 bits per heavy atom. The summed E-state index contributed by atoms with van der Waals surface area (Å²) in [6.07, 6.45) is 2.70. The predicted molar refractivity (Wildman–Crippen MR) is 76.8 cm³/mol. The Morgan fingerprint density at radius 2 is 1.95 bits per heavy atom. The molecule has 4 nitrogen and oxygen atoms in total. The fourth-order valence-electron chi connectivity index (χ4n) is 2.09. The zero-order chi connectivity index (χ0) is 13.7. The summed E-state index contributed by atoms with van der Waals surface area (Å²) < 4.78 is 1.92. The highest BCUT2D eigenvalue weighted by atomic mass is 15.3. The molecule has 2 aromatic rings. The highest BCUT2D eigenvalue weighted by Crippen LogP contribution is 2.14. The highest BCUT2D eigenvalue weighted by molar-refractivity contribution is 5.24. The van der Waals surface area contributed by atoms with Crippen LogP contribution in [0.25, 0.3) is 0 Å². The van der Waals surface area contributed by atoms with E-state index >= 15 is 0 Å². The van der Waals surface area contributed by atoms with Crippen LogP contribution in [0, 0.1) is 0 Å². The smallest absolute Gasteiger partial charge is 0.140 e. The van der Waals surface area contributed by atoms with Crippen LogP contribution in [0.2, 0.25) is 0 Å². The molecule has 0 spiro atoms. The summed E-state index contributed by atoms with van der Waals surface area (Å²) in [7, 11) is 0. The average Bonchev–Trinajstić information content (AvgIpc) is 2.92. The normalized spacial score (nSPS) is 12.6. The Labute approximate surface area is 114 Å². The SMILES string of the molecule is CCc1ccc(C(C)NCc2ncnn2CC)cc1. The van der Waals surface area contributed by atoms with Crippen molar-refractivity contribution >= 4 is 0 Å². The van der Waals surface area contributed by atoms with E-state index in [0.29, 0.717) is 6.04 Å². The third kappa shape index (κ3) is 3.41. The first kappa shape index (κ1) is 13.7. The molecule has 0 fully saturated rings. The van der Waals surface area contributed by atoms with Crippen LogP contribution in [0.15, 0.2) is 30.6 Å². The van der Waals surface area contributed by atoms with Crippen LogP contribution >= 0.6 is 0 Å². The van der Waals surface area contributed by atoms with Gasteiger partial charge in [0.05, 0.1) is 6.54 Å². The van der Waals surface area contributed by atoms with E-state index in [9.17, 15) is 0 Å². The topological polar surface area (TPSA) is 42.7 Å². The molecular weight excluding hydrogens is 236 g/mol. The first-order valence-corrected chi connectivity index (χ1v) is 6.93. The van der Waals surface area contributed by atoms with Crippen molar-refractivity contribution in [1.82, 2.24) is 20.1 Å². The lowest BCUT2D eigenvalue weighted by Gasteiger charge is -2.14. The largest absolute Gasteiger partial charge is 0.303 e. The second-order valence-electron chi connectivity index (χ2n) is 4.69. The predicted octanol–water partition coefficient (Wildman–Crippen LogP) is 2.71. The third-order valence-electron chi connectivity index (χ3n) is 3.45. The average molecular weight is 258 g/mol. The number of nitrogens with one attached hydrogen (secondary N) is 1. The van der Waals surface area contributed by atoms with Gasteiger partial charge in [-0.2, -0.15) is 5.10 Å². The van der Waals surface area contributed by atoms with Gasteiger partial charge < -0.3 is 5.32 Å². The zero-order valence-corrected chi connectivity index (χ0v) is 11.9. The monoisotopic (exact) mass is 258 g/mol. The summed E-state index contributed by atoms with van der Waals surface area (Å²) in [6, 6.07) is 9.10. The van der Waals surface area contributed by atoms with Crippen molar-refractivity contribution in [3.05, 3.63) is 47.5 Å². The Kier molecular flexibility index (Phi) is 4.68. The van der Waals surface area contributed by atoms with Crippen molar-refractivity contribution in [1.29, 1.82) is 0 Å². The fourth-order valence-corrected chi connectivity index (χ4v) is 2.09. The van der Waals surface area contributed by atoms with E-state index in [2.05, 4.69) is 60.4 Å². The summed E-state index contributed by atoms with van der Waals surface area (Å²) in [5.74, 6) is 0.986. The number of nitrogens with zero attached hydrogens (tertiary/aromatic N) is 3. The zero-order valence-electron chi connectivity index (χ0n) is 11.9. The van der Waals surface area contributed by atoms with E-state index in [1.54, 1.807) is 6.33 Å². The van der Waals surface area contributed by atoms with Gasteiger partial charge in [-0.05, 0) is 31.4 Å². The van der Waals surface area contributed by atoms with Gasteiger partial charge in [-0.3, -0.25) is 0 Å². The molecule has 1 aromatic carbocycles. The van der Waals surface area contributed by atoms with Crippen LogP contribution in [0.5, 0.6) is 0 Å². The van der Waals surface area contributed by atoms with Crippen molar-refractivity contribution < 1.29 is 0 Å². The van der Waals surface area contributed by atoms with E-state index in [1.165, 1.54) is 11.1 Å². The molecule has 4 heteroatoms. The van der Waals surface area contributed by atoms with Gasteiger partial charge >= 0.3 is 0 Å². The van der Waals surface area contributed by atoms with Crippen molar-refractivity contribution in [2.75, 3.05) is 0 Å². The molecule has 0 aliphatic heterocycles. The maximum atomic E-state index is 4.27. The number of benzene rings is 1. The lowest BCUT2D eigenvalue weighted by atomic mass is 10.1. The highest BCUT2D eigenvalue weighted by Gasteiger charge is 2.07. The molecular formula is C15H22N4. The van der Waals surface area contributed by atoms with Gasteiger partial charge in [0, 0.05) is 12.6 Å². The molecule has 0 radical (unpaired) electrons. The summed E-state index contributed by atoms with van der Waals surface area (Å²) >= 11 is 0. The van der Waals surface area contributed by atoms with Gasteiger partial charge in [-0.1, -0.05) is 31.2 Å². The second-order valence-corrected chi connectivity index (χ2v) is 4.69. The van der Waals surface area contributed by atoms with Crippen molar-refractivity contribution in [3.63, 3.8) is 0 Å². The van der Waals surface area contributed by atoms with Gasteiger partial charge in [-0.15, -0.1) is 0 Å². The van der Waals surface area contributed by atoms with Crippen LogP contribution in [-0.4, -0.2) is 14.8 Å². The summed E-state index contributed by atoms with van der Waals surface area (Å²) in [6.45, 7) is 8.02. The van der Waals surface area contributed by atoms with Crippen molar-refractivity contribution in [3.8, 4) is 0 Å². The second kappa shape index (κ2) is 6.48. The first-order chi connectivity index (χ1) is 9.24. The lowest BCUT2D eigenvalue weighted by Crippen LogP contribution is -2.21. The Morgan fingerprint density at radius 3 is 2.58 bits per heavy atom. The Hall–Kier alpha value is -1.68. The molecule has 1 N–H and O–H groups in total. The van der Waals surface area contributed by atoms with Crippen LogP contribution < -0.4 is 5.32 Å². The van der Waals surface area contributed by atoms with Gasteiger partial charge in [0.25, 0.3) is 0 Å². The van der Waals surface area contributed by atoms with Crippen LogP contribution in [0.4, 0.5) is 0 Å². The molecule has 2 rings (SSSR count). The molecule has 1 atom stereocenters. The summed E-state index contributed by atoms with van der Waals surface area (Å²) in [4.78, 5) is 4.27.